The third-order valence-corrected chi connectivity index (χ3v) is 4.20. The molecule has 21 heavy (non-hydrogen) atoms. The molecule has 3 aromatic carbocycles. The molecule has 0 radical (unpaired) electrons. The van der Waals surface area contributed by atoms with Crippen LogP contribution in [-0.2, 0) is 0 Å². The van der Waals surface area contributed by atoms with Crippen LogP contribution < -0.4 is 9.47 Å². The fourth-order valence-corrected chi connectivity index (χ4v) is 3.23. The Morgan fingerprint density at radius 1 is 0.952 bits per heavy atom. The van der Waals surface area contributed by atoms with Gasteiger partial charge in [-0.15, -0.1) is 0 Å². The van der Waals surface area contributed by atoms with Gasteiger partial charge in [-0.1, -0.05) is 48.5 Å². The maximum Gasteiger partial charge on any atom is 0.126 e. The minimum absolute atomic E-state index is 0.224. The first-order valence-corrected chi connectivity index (χ1v) is 7.16. The van der Waals surface area contributed by atoms with Crippen molar-refractivity contribution in [2.75, 3.05) is 13.7 Å². The highest BCUT2D eigenvalue weighted by Gasteiger charge is 2.30. The van der Waals surface area contributed by atoms with Gasteiger partial charge >= 0.3 is 0 Å². The molecule has 0 aliphatic carbocycles. The molecule has 0 N–H and O–H groups in total. The van der Waals surface area contributed by atoms with Gasteiger partial charge in [0.05, 0.1) is 19.6 Å². The summed E-state index contributed by atoms with van der Waals surface area (Å²) in [6.07, 6.45) is 0. The average molecular weight is 276 g/mol. The molecular weight excluding hydrogens is 260 g/mol. The summed E-state index contributed by atoms with van der Waals surface area (Å²) >= 11 is 0. The summed E-state index contributed by atoms with van der Waals surface area (Å²) in [5.41, 5.74) is 2.47. The van der Waals surface area contributed by atoms with Crippen molar-refractivity contribution < 1.29 is 9.47 Å². The van der Waals surface area contributed by atoms with E-state index in [0.717, 1.165) is 17.1 Å². The van der Waals surface area contributed by atoms with Crippen LogP contribution >= 0.6 is 0 Å². The molecule has 2 heteroatoms. The van der Waals surface area contributed by atoms with Crippen LogP contribution in [-0.4, -0.2) is 13.7 Å². The van der Waals surface area contributed by atoms with Gasteiger partial charge in [-0.2, -0.15) is 0 Å². The Morgan fingerprint density at radius 3 is 2.67 bits per heavy atom. The Hall–Kier alpha value is -2.48. The summed E-state index contributed by atoms with van der Waals surface area (Å²) in [6.45, 7) is 0.670. The molecule has 1 unspecified atom stereocenters. The lowest BCUT2D eigenvalue weighted by molar-refractivity contribution is 0.343. The van der Waals surface area contributed by atoms with Gasteiger partial charge in [0.25, 0.3) is 0 Å². The van der Waals surface area contributed by atoms with Crippen LogP contribution in [0.25, 0.3) is 10.8 Å². The molecule has 0 fully saturated rings. The number of methoxy groups -OCH3 is 1. The van der Waals surface area contributed by atoms with Crippen molar-refractivity contribution in [2.45, 2.75) is 5.92 Å². The van der Waals surface area contributed by atoms with Crippen LogP contribution in [0.4, 0.5) is 0 Å². The lowest BCUT2D eigenvalue weighted by atomic mass is 9.89. The second kappa shape index (κ2) is 4.81. The Bertz CT molecular complexity index is 802. The van der Waals surface area contributed by atoms with E-state index in [-0.39, 0.29) is 5.92 Å². The van der Waals surface area contributed by atoms with E-state index in [1.165, 1.54) is 16.3 Å². The first-order valence-electron chi connectivity index (χ1n) is 7.16. The number of rotatable bonds is 2. The summed E-state index contributed by atoms with van der Waals surface area (Å²) < 4.78 is 11.4. The van der Waals surface area contributed by atoms with Crippen LogP contribution in [0.5, 0.6) is 11.5 Å². The minimum Gasteiger partial charge on any atom is -0.496 e. The fraction of sp³-hybridized carbons (Fsp3) is 0.158. The maximum absolute atomic E-state index is 5.88. The SMILES string of the molecule is COc1cccc2c1C(c1cccc3ccccc13)CO2. The van der Waals surface area contributed by atoms with Gasteiger partial charge < -0.3 is 9.47 Å². The van der Waals surface area contributed by atoms with Crippen molar-refractivity contribution in [2.24, 2.45) is 0 Å². The fourth-order valence-electron chi connectivity index (χ4n) is 3.23. The second-order valence-electron chi connectivity index (χ2n) is 5.30. The van der Waals surface area contributed by atoms with Crippen LogP contribution in [0.3, 0.4) is 0 Å². The van der Waals surface area contributed by atoms with E-state index >= 15 is 0 Å². The van der Waals surface area contributed by atoms with Gasteiger partial charge in [-0.25, -0.2) is 0 Å². The minimum atomic E-state index is 0.224. The van der Waals surface area contributed by atoms with E-state index in [0.29, 0.717) is 6.61 Å². The molecule has 0 bridgehead atoms. The van der Waals surface area contributed by atoms with Gasteiger partial charge in [-0.3, -0.25) is 0 Å². The number of hydrogen-bond donors (Lipinski definition) is 0. The molecule has 104 valence electrons. The van der Waals surface area contributed by atoms with Crippen molar-refractivity contribution in [1.29, 1.82) is 0 Å². The number of ether oxygens (including phenoxy) is 2. The van der Waals surface area contributed by atoms with E-state index in [9.17, 15) is 0 Å². The Kier molecular flexibility index (Phi) is 2.81. The lowest BCUT2D eigenvalue weighted by Gasteiger charge is -2.15. The highest BCUT2D eigenvalue weighted by atomic mass is 16.5. The number of hydrogen-bond acceptors (Lipinski definition) is 2. The molecule has 0 aromatic heterocycles. The largest absolute Gasteiger partial charge is 0.496 e. The van der Waals surface area contributed by atoms with Crippen LogP contribution in [0.2, 0.25) is 0 Å². The molecule has 3 aromatic rings. The summed E-state index contributed by atoms with van der Waals surface area (Å²) in [6, 6.07) is 20.9. The molecule has 0 saturated carbocycles. The van der Waals surface area contributed by atoms with Gasteiger partial charge in [-0.05, 0) is 28.5 Å². The van der Waals surface area contributed by atoms with E-state index in [1.54, 1.807) is 7.11 Å². The zero-order valence-corrected chi connectivity index (χ0v) is 11.9. The standard InChI is InChI=1S/C19H16O2/c1-20-17-10-5-11-18-19(17)16(12-21-18)15-9-4-7-13-6-2-3-8-14(13)15/h2-11,16H,12H2,1H3. The summed E-state index contributed by atoms with van der Waals surface area (Å²) in [5.74, 6) is 2.07. The molecule has 0 spiro atoms. The van der Waals surface area contributed by atoms with Crippen molar-refractivity contribution in [3.8, 4) is 11.5 Å². The predicted octanol–water partition coefficient (Wildman–Crippen LogP) is 4.37. The van der Waals surface area contributed by atoms with Crippen LogP contribution in [0.1, 0.15) is 17.0 Å². The first kappa shape index (κ1) is 12.3. The third kappa shape index (κ3) is 1.87. The third-order valence-electron chi connectivity index (χ3n) is 4.20. The highest BCUT2D eigenvalue weighted by Crippen LogP contribution is 2.45. The number of benzene rings is 3. The monoisotopic (exact) mass is 276 g/mol. The Morgan fingerprint density at radius 2 is 1.76 bits per heavy atom. The predicted molar refractivity (Wildman–Crippen MR) is 84.3 cm³/mol. The molecule has 0 saturated heterocycles. The molecular formula is C19H16O2. The van der Waals surface area contributed by atoms with Crippen LogP contribution in [0.15, 0.2) is 60.7 Å². The van der Waals surface area contributed by atoms with Gasteiger partial charge in [0.15, 0.2) is 0 Å². The normalized spacial score (nSPS) is 16.5. The van der Waals surface area contributed by atoms with Crippen molar-refractivity contribution in [1.82, 2.24) is 0 Å². The molecule has 1 atom stereocenters. The molecule has 1 heterocycles. The Labute approximate surface area is 123 Å². The smallest absolute Gasteiger partial charge is 0.126 e. The average Bonchev–Trinajstić information content (AvgIpc) is 2.98. The van der Waals surface area contributed by atoms with Gasteiger partial charge in [0.2, 0.25) is 0 Å². The quantitative estimate of drug-likeness (QED) is 0.692. The van der Waals surface area contributed by atoms with Crippen LogP contribution in [0, 0.1) is 0 Å². The number of fused-ring (bicyclic) bond motifs is 2. The lowest BCUT2D eigenvalue weighted by Crippen LogP contribution is -2.04. The summed E-state index contributed by atoms with van der Waals surface area (Å²) in [7, 11) is 1.72. The van der Waals surface area contributed by atoms with Crippen molar-refractivity contribution in [3.63, 3.8) is 0 Å². The molecule has 1 aliphatic heterocycles. The topological polar surface area (TPSA) is 18.5 Å². The van der Waals surface area contributed by atoms with E-state index < -0.39 is 0 Å². The van der Waals surface area contributed by atoms with Gasteiger partial charge in [0.1, 0.15) is 11.5 Å². The van der Waals surface area contributed by atoms with Crippen molar-refractivity contribution in [3.05, 3.63) is 71.8 Å². The zero-order valence-electron chi connectivity index (χ0n) is 11.9. The molecule has 0 amide bonds. The van der Waals surface area contributed by atoms with Gasteiger partial charge in [0, 0.05) is 5.56 Å². The van der Waals surface area contributed by atoms with E-state index in [4.69, 9.17) is 9.47 Å². The second-order valence-corrected chi connectivity index (χ2v) is 5.30. The Balaban J connectivity index is 1.93. The summed E-state index contributed by atoms with van der Waals surface area (Å²) in [5, 5.41) is 2.55. The summed E-state index contributed by atoms with van der Waals surface area (Å²) in [4.78, 5) is 0. The molecule has 4 rings (SSSR count). The molecule has 1 aliphatic rings. The van der Waals surface area contributed by atoms with E-state index in [1.807, 2.05) is 18.2 Å². The van der Waals surface area contributed by atoms with E-state index in [2.05, 4.69) is 42.5 Å². The molecule has 2 nitrogen and oxygen atoms in total. The highest BCUT2D eigenvalue weighted by molar-refractivity contribution is 5.87. The zero-order chi connectivity index (χ0) is 14.2. The maximum atomic E-state index is 5.88. The van der Waals surface area contributed by atoms with Crippen molar-refractivity contribution >= 4 is 10.8 Å². The first-order chi connectivity index (χ1) is 10.4.